The lowest BCUT2D eigenvalue weighted by atomic mass is 10.0. The van der Waals surface area contributed by atoms with Gasteiger partial charge in [0.25, 0.3) is 5.91 Å². The van der Waals surface area contributed by atoms with E-state index in [-0.39, 0.29) is 17.9 Å². The number of fused-ring (bicyclic) bond motifs is 1. The fourth-order valence-electron chi connectivity index (χ4n) is 2.24. The molecule has 0 aliphatic heterocycles. The number of pyridine rings is 1. The predicted octanol–water partition coefficient (Wildman–Crippen LogP) is 3.23. The molecule has 5 nitrogen and oxygen atoms in total. The SMILES string of the molecule is CCN(C)C(=O)c1cc(C(C)C)nc2c1cnn2C(C)C. The molecule has 0 bridgehead atoms. The number of hydrogen-bond acceptors (Lipinski definition) is 3. The molecule has 2 rings (SSSR count). The van der Waals surface area contributed by atoms with E-state index in [9.17, 15) is 4.79 Å². The molecule has 0 fully saturated rings. The summed E-state index contributed by atoms with van der Waals surface area (Å²) in [7, 11) is 1.82. The van der Waals surface area contributed by atoms with Crippen LogP contribution in [0.3, 0.4) is 0 Å². The first kappa shape index (κ1) is 15.5. The molecular formula is C16H24N4O. The first-order valence-electron chi connectivity index (χ1n) is 7.50. The fourth-order valence-corrected chi connectivity index (χ4v) is 2.24. The van der Waals surface area contributed by atoms with E-state index in [1.54, 1.807) is 11.1 Å². The predicted molar refractivity (Wildman–Crippen MR) is 84.6 cm³/mol. The first-order valence-corrected chi connectivity index (χ1v) is 7.50. The molecule has 5 heteroatoms. The number of carbonyl (C=O) groups excluding carboxylic acids is 1. The van der Waals surface area contributed by atoms with Gasteiger partial charge in [-0.2, -0.15) is 5.10 Å². The highest BCUT2D eigenvalue weighted by Gasteiger charge is 2.20. The number of carbonyl (C=O) groups is 1. The van der Waals surface area contributed by atoms with Crippen LogP contribution in [-0.2, 0) is 0 Å². The maximum Gasteiger partial charge on any atom is 0.254 e. The largest absolute Gasteiger partial charge is 0.342 e. The van der Waals surface area contributed by atoms with E-state index < -0.39 is 0 Å². The Hall–Kier alpha value is -1.91. The summed E-state index contributed by atoms with van der Waals surface area (Å²) in [5, 5.41) is 5.24. The quantitative estimate of drug-likeness (QED) is 0.868. The van der Waals surface area contributed by atoms with Crippen molar-refractivity contribution in [3.05, 3.63) is 23.5 Å². The number of amides is 1. The summed E-state index contributed by atoms with van der Waals surface area (Å²) in [6.45, 7) is 10.9. The molecule has 2 heterocycles. The molecule has 21 heavy (non-hydrogen) atoms. The van der Waals surface area contributed by atoms with Crippen molar-refractivity contribution in [2.75, 3.05) is 13.6 Å². The van der Waals surface area contributed by atoms with E-state index in [1.165, 1.54) is 0 Å². The van der Waals surface area contributed by atoms with Gasteiger partial charge in [0.1, 0.15) is 0 Å². The van der Waals surface area contributed by atoms with Crippen LogP contribution >= 0.6 is 0 Å². The van der Waals surface area contributed by atoms with E-state index >= 15 is 0 Å². The van der Waals surface area contributed by atoms with Crippen molar-refractivity contribution in [3.8, 4) is 0 Å². The minimum absolute atomic E-state index is 0.0232. The minimum Gasteiger partial charge on any atom is -0.342 e. The average molecular weight is 288 g/mol. The number of rotatable bonds is 4. The lowest BCUT2D eigenvalue weighted by Gasteiger charge is -2.17. The Morgan fingerprint density at radius 3 is 2.52 bits per heavy atom. The van der Waals surface area contributed by atoms with Crippen LogP contribution in [0.2, 0.25) is 0 Å². The molecule has 0 radical (unpaired) electrons. The maximum absolute atomic E-state index is 12.6. The molecule has 2 aromatic rings. The maximum atomic E-state index is 12.6. The average Bonchev–Trinajstić information content (AvgIpc) is 2.88. The summed E-state index contributed by atoms with van der Waals surface area (Å²) >= 11 is 0. The molecule has 0 atom stereocenters. The zero-order valence-corrected chi connectivity index (χ0v) is 13.7. The van der Waals surface area contributed by atoms with Gasteiger partial charge in [0.15, 0.2) is 5.65 Å². The van der Waals surface area contributed by atoms with Gasteiger partial charge in [0.05, 0.1) is 17.1 Å². The van der Waals surface area contributed by atoms with Crippen LogP contribution in [0.15, 0.2) is 12.3 Å². The summed E-state index contributed by atoms with van der Waals surface area (Å²) in [6, 6.07) is 2.12. The topological polar surface area (TPSA) is 51.0 Å². The lowest BCUT2D eigenvalue weighted by molar-refractivity contribution is 0.0804. The number of nitrogens with zero attached hydrogens (tertiary/aromatic N) is 4. The third-order valence-electron chi connectivity index (χ3n) is 3.72. The Kier molecular flexibility index (Phi) is 4.30. The molecule has 0 saturated heterocycles. The second-order valence-corrected chi connectivity index (χ2v) is 5.99. The Morgan fingerprint density at radius 2 is 2.00 bits per heavy atom. The van der Waals surface area contributed by atoms with Gasteiger partial charge in [-0.15, -0.1) is 0 Å². The van der Waals surface area contributed by atoms with Crippen LogP contribution in [0.1, 0.15) is 62.6 Å². The summed E-state index contributed by atoms with van der Waals surface area (Å²) in [5.74, 6) is 0.290. The standard InChI is InChI=1S/C16H24N4O/c1-7-19(6)16(21)12-8-14(10(2)3)18-15-13(12)9-17-20(15)11(4)5/h8-11H,7H2,1-6H3. The highest BCUT2D eigenvalue weighted by molar-refractivity contribution is 6.05. The zero-order valence-electron chi connectivity index (χ0n) is 13.7. The van der Waals surface area contributed by atoms with Crippen molar-refractivity contribution >= 4 is 16.9 Å². The normalized spacial score (nSPS) is 11.6. The Morgan fingerprint density at radius 1 is 1.33 bits per heavy atom. The second-order valence-electron chi connectivity index (χ2n) is 5.99. The van der Waals surface area contributed by atoms with Crippen molar-refractivity contribution < 1.29 is 4.79 Å². The Bertz CT molecular complexity index is 658. The van der Waals surface area contributed by atoms with E-state index in [2.05, 4.69) is 32.8 Å². The summed E-state index contributed by atoms with van der Waals surface area (Å²) in [4.78, 5) is 19.0. The van der Waals surface area contributed by atoms with Crippen LogP contribution in [0.5, 0.6) is 0 Å². The third kappa shape index (κ3) is 2.77. The molecule has 0 aliphatic carbocycles. The molecule has 1 amide bonds. The molecule has 0 N–H and O–H groups in total. The van der Waals surface area contributed by atoms with Crippen LogP contribution < -0.4 is 0 Å². The summed E-state index contributed by atoms with van der Waals surface area (Å²) in [6.07, 6.45) is 1.75. The lowest BCUT2D eigenvalue weighted by Crippen LogP contribution is -2.26. The van der Waals surface area contributed by atoms with E-state index in [0.29, 0.717) is 12.1 Å². The summed E-state index contributed by atoms with van der Waals surface area (Å²) in [5.41, 5.74) is 2.42. The highest BCUT2D eigenvalue weighted by Crippen LogP contribution is 2.25. The van der Waals surface area contributed by atoms with Crippen LogP contribution in [0, 0.1) is 0 Å². The minimum atomic E-state index is 0.0232. The molecule has 0 aromatic carbocycles. The third-order valence-corrected chi connectivity index (χ3v) is 3.72. The van der Waals surface area contributed by atoms with E-state index in [0.717, 1.165) is 16.7 Å². The van der Waals surface area contributed by atoms with Crippen molar-refractivity contribution in [3.63, 3.8) is 0 Å². The van der Waals surface area contributed by atoms with Crippen molar-refractivity contribution in [1.82, 2.24) is 19.7 Å². The second kappa shape index (κ2) is 5.84. The monoisotopic (exact) mass is 288 g/mol. The molecule has 0 aliphatic rings. The number of hydrogen-bond donors (Lipinski definition) is 0. The zero-order chi connectivity index (χ0) is 15.7. The van der Waals surface area contributed by atoms with Gasteiger partial charge in [-0.05, 0) is 32.8 Å². The van der Waals surface area contributed by atoms with Gasteiger partial charge in [0.2, 0.25) is 0 Å². The van der Waals surface area contributed by atoms with Gasteiger partial charge in [-0.3, -0.25) is 4.79 Å². The highest BCUT2D eigenvalue weighted by atomic mass is 16.2. The van der Waals surface area contributed by atoms with Gasteiger partial charge >= 0.3 is 0 Å². The smallest absolute Gasteiger partial charge is 0.254 e. The van der Waals surface area contributed by atoms with Gasteiger partial charge in [-0.1, -0.05) is 13.8 Å². The van der Waals surface area contributed by atoms with Crippen LogP contribution in [0.25, 0.3) is 11.0 Å². The Labute approximate surface area is 126 Å². The molecule has 0 spiro atoms. The molecule has 0 saturated carbocycles. The van der Waals surface area contributed by atoms with E-state index in [1.807, 2.05) is 24.7 Å². The fraction of sp³-hybridized carbons (Fsp3) is 0.562. The van der Waals surface area contributed by atoms with Crippen molar-refractivity contribution in [1.29, 1.82) is 0 Å². The molecular weight excluding hydrogens is 264 g/mol. The van der Waals surface area contributed by atoms with Crippen molar-refractivity contribution in [2.45, 2.75) is 46.6 Å². The molecule has 2 aromatic heterocycles. The number of aromatic nitrogens is 3. The molecule has 0 unspecified atom stereocenters. The van der Waals surface area contributed by atoms with Gasteiger partial charge < -0.3 is 4.90 Å². The van der Waals surface area contributed by atoms with Crippen LogP contribution in [-0.4, -0.2) is 39.2 Å². The van der Waals surface area contributed by atoms with E-state index in [4.69, 9.17) is 4.98 Å². The molecule has 114 valence electrons. The first-order chi connectivity index (χ1) is 9.86. The Balaban J connectivity index is 2.71. The van der Waals surface area contributed by atoms with Gasteiger partial charge in [0, 0.05) is 25.3 Å². The summed E-state index contributed by atoms with van der Waals surface area (Å²) < 4.78 is 1.88. The van der Waals surface area contributed by atoms with Crippen LogP contribution in [0.4, 0.5) is 0 Å². The van der Waals surface area contributed by atoms with Crippen molar-refractivity contribution in [2.24, 2.45) is 0 Å². The van der Waals surface area contributed by atoms with Gasteiger partial charge in [-0.25, -0.2) is 9.67 Å².